The zero-order valence-corrected chi connectivity index (χ0v) is 10.8. The summed E-state index contributed by atoms with van der Waals surface area (Å²) in [5.41, 5.74) is 6.14. The normalized spacial score (nSPS) is 12.5. The molecule has 1 rings (SSSR count). The highest BCUT2D eigenvalue weighted by atomic mass is 16.2. The van der Waals surface area contributed by atoms with Gasteiger partial charge in [-0.25, -0.2) is 4.68 Å². The van der Waals surface area contributed by atoms with Crippen molar-refractivity contribution in [1.29, 1.82) is 0 Å². The summed E-state index contributed by atoms with van der Waals surface area (Å²) in [6, 6.07) is 0.255. The number of amides is 1. The molecule has 0 spiro atoms. The number of carbonyl (C=O) groups excluding carboxylic acids is 1. The second-order valence-corrected chi connectivity index (χ2v) is 4.05. The average molecular weight is 239 g/mol. The highest BCUT2D eigenvalue weighted by molar-refractivity contribution is 5.76. The number of rotatable bonds is 6. The van der Waals surface area contributed by atoms with E-state index in [1.165, 1.54) is 4.68 Å². The van der Waals surface area contributed by atoms with E-state index < -0.39 is 0 Å². The van der Waals surface area contributed by atoms with Crippen molar-refractivity contribution >= 4 is 5.91 Å². The minimum atomic E-state index is 0.0651. The van der Waals surface area contributed by atoms with Gasteiger partial charge >= 0.3 is 0 Å². The summed E-state index contributed by atoms with van der Waals surface area (Å²) in [4.78, 5) is 13.9. The first-order chi connectivity index (χ1) is 8.12. The van der Waals surface area contributed by atoms with E-state index in [2.05, 4.69) is 17.2 Å². The predicted molar refractivity (Wildman–Crippen MR) is 65.1 cm³/mol. The van der Waals surface area contributed by atoms with Crippen molar-refractivity contribution in [2.75, 3.05) is 6.54 Å². The van der Waals surface area contributed by atoms with Crippen LogP contribution in [-0.4, -0.2) is 38.4 Å². The molecule has 0 aliphatic rings. The van der Waals surface area contributed by atoms with Crippen molar-refractivity contribution in [3.8, 4) is 0 Å². The van der Waals surface area contributed by atoms with Crippen LogP contribution in [0.3, 0.4) is 0 Å². The van der Waals surface area contributed by atoms with Crippen LogP contribution in [0.2, 0.25) is 0 Å². The zero-order chi connectivity index (χ0) is 12.8. The molecule has 0 aliphatic heterocycles. The van der Waals surface area contributed by atoms with E-state index in [9.17, 15) is 4.79 Å². The van der Waals surface area contributed by atoms with Crippen LogP contribution in [0.4, 0.5) is 0 Å². The number of aromatic nitrogens is 3. The predicted octanol–water partition coefficient (Wildman–Crippen LogP) is 0.384. The number of hydrogen-bond donors (Lipinski definition) is 1. The van der Waals surface area contributed by atoms with Crippen molar-refractivity contribution in [1.82, 2.24) is 19.9 Å². The maximum absolute atomic E-state index is 12.0. The van der Waals surface area contributed by atoms with E-state index in [1.54, 1.807) is 6.20 Å². The SMILES string of the molecule is CCC(C)N(CC)C(=O)Cn1cc(CN)nn1. The molecule has 0 saturated carbocycles. The van der Waals surface area contributed by atoms with Gasteiger partial charge in [-0.05, 0) is 20.3 Å². The molecule has 6 heteroatoms. The van der Waals surface area contributed by atoms with Crippen LogP contribution < -0.4 is 5.73 Å². The first-order valence-corrected chi connectivity index (χ1v) is 6.00. The summed E-state index contributed by atoms with van der Waals surface area (Å²) in [7, 11) is 0. The summed E-state index contributed by atoms with van der Waals surface area (Å²) in [6.45, 7) is 7.39. The van der Waals surface area contributed by atoms with Crippen LogP contribution in [-0.2, 0) is 17.9 Å². The lowest BCUT2D eigenvalue weighted by atomic mass is 10.2. The van der Waals surface area contributed by atoms with Gasteiger partial charge in [-0.15, -0.1) is 5.10 Å². The average Bonchev–Trinajstić information content (AvgIpc) is 2.77. The van der Waals surface area contributed by atoms with Gasteiger partial charge in [0.2, 0.25) is 5.91 Å². The van der Waals surface area contributed by atoms with E-state index in [4.69, 9.17) is 5.73 Å². The lowest BCUT2D eigenvalue weighted by molar-refractivity contribution is -0.133. The zero-order valence-electron chi connectivity index (χ0n) is 10.8. The number of nitrogens with two attached hydrogens (primary N) is 1. The van der Waals surface area contributed by atoms with Gasteiger partial charge in [-0.3, -0.25) is 4.79 Å². The molecule has 0 saturated heterocycles. The second-order valence-electron chi connectivity index (χ2n) is 4.05. The Morgan fingerprint density at radius 3 is 2.76 bits per heavy atom. The van der Waals surface area contributed by atoms with Crippen molar-refractivity contribution < 1.29 is 4.79 Å². The second kappa shape index (κ2) is 6.34. The third kappa shape index (κ3) is 3.52. The molecule has 2 N–H and O–H groups in total. The molecule has 0 aromatic carbocycles. The lowest BCUT2D eigenvalue weighted by Gasteiger charge is -2.27. The van der Waals surface area contributed by atoms with E-state index in [-0.39, 0.29) is 18.5 Å². The van der Waals surface area contributed by atoms with Gasteiger partial charge in [-0.1, -0.05) is 12.1 Å². The number of carbonyl (C=O) groups is 1. The Morgan fingerprint density at radius 1 is 1.59 bits per heavy atom. The topological polar surface area (TPSA) is 77.0 Å². The highest BCUT2D eigenvalue weighted by Gasteiger charge is 2.17. The van der Waals surface area contributed by atoms with Gasteiger partial charge in [0, 0.05) is 19.1 Å². The van der Waals surface area contributed by atoms with Crippen molar-refractivity contribution in [3.05, 3.63) is 11.9 Å². The van der Waals surface area contributed by atoms with Crippen molar-refractivity contribution in [2.24, 2.45) is 5.73 Å². The van der Waals surface area contributed by atoms with Gasteiger partial charge in [0.25, 0.3) is 0 Å². The quantitative estimate of drug-likeness (QED) is 0.778. The molecular formula is C11H21N5O. The number of nitrogens with zero attached hydrogens (tertiary/aromatic N) is 4. The fraction of sp³-hybridized carbons (Fsp3) is 0.727. The minimum Gasteiger partial charge on any atom is -0.339 e. The van der Waals surface area contributed by atoms with Crippen LogP contribution in [0, 0.1) is 0 Å². The standard InChI is InChI=1S/C11H21N5O/c1-4-9(3)16(5-2)11(17)8-15-7-10(6-12)13-14-15/h7,9H,4-6,8,12H2,1-3H3. The Bertz CT molecular complexity index is 362. The fourth-order valence-electron chi connectivity index (χ4n) is 1.69. The van der Waals surface area contributed by atoms with Crippen LogP contribution in [0.5, 0.6) is 0 Å². The first kappa shape index (κ1) is 13.6. The molecule has 0 radical (unpaired) electrons. The van der Waals surface area contributed by atoms with Gasteiger partial charge < -0.3 is 10.6 Å². The molecule has 1 unspecified atom stereocenters. The van der Waals surface area contributed by atoms with E-state index in [0.717, 1.165) is 6.42 Å². The molecule has 1 aromatic rings. The Morgan fingerprint density at radius 2 is 2.29 bits per heavy atom. The third-order valence-corrected chi connectivity index (χ3v) is 2.88. The van der Waals surface area contributed by atoms with Crippen molar-refractivity contribution in [2.45, 2.75) is 46.3 Å². The molecule has 0 aliphatic carbocycles. The first-order valence-electron chi connectivity index (χ1n) is 6.00. The molecule has 0 bridgehead atoms. The molecular weight excluding hydrogens is 218 g/mol. The van der Waals surface area contributed by atoms with Crippen molar-refractivity contribution in [3.63, 3.8) is 0 Å². The third-order valence-electron chi connectivity index (χ3n) is 2.88. The fourth-order valence-corrected chi connectivity index (χ4v) is 1.69. The smallest absolute Gasteiger partial charge is 0.244 e. The lowest BCUT2D eigenvalue weighted by Crippen LogP contribution is -2.40. The van der Waals surface area contributed by atoms with Gasteiger partial charge in [-0.2, -0.15) is 0 Å². The molecule has 6 nitrogen and oxygen atoms in total. The molecule has 1 amide bonds. The van der Waals surface area contributed by atoms with E-state index in [1.807, 2.05) is 18.7 Å². The van der Waals surface area contributed by atoms with Crippen LogP contribution in [0.15, 0.2) is 6.20 Å². The summed E-state index contributed by atoms with van der Waals surface area (Å²) in [6.07, 6.45) is 2.66. The molecule has 0 fully saturated rings. The Labute approximate surface area is 102 Å². The number of hydrogen-bond acceptors (Lipinski definition) is 4. The Hall–Kier alpha value is -1.43. The van der Waals surface area contributed by atoms with E-state index in [0.29, 0.717) is 18.8 Å². The van der Waals surface area contributed by atoms with Crippen LogP contribution in [0.1, 0.15) is 32.9 Å². The number of likely N-dealkylation sites (N-methyl/N-ethyl adjacent to an activating group) is 1. The van der Waals surface area contributed by atoms with Crippen LogP contribution in [0.25, 0.3) is 0 Å². The molecule has 1 heterocycles. The van der Waals surface area contributed by atoms with Gasteiger partial charge in [0.1, 0.15) is 6.54 Å². The van der Waals surface area contributed by atoms with Crippen LogP contribution >= 0.6 is 0 Å². The summed E-state index contributed by atoms with van der Waals surface area (Å²) >= 11 is 0. The summed E-state index contributed by atoms with van der Waals surface area (Å²) in [5, 5.41) is 7.72. The molecule has 17 heavy (non-hydrogen) atoms. The summed E-state index contributed by atoms with van der Waals surface area (Å²) < 4.78 is 1.54. The van der Waals surface area contributed by atoms with Gasteiger partial charge in [0.05, 0.1) is 11.9 Å². The Kier molecular flexibility index (Phi) is 5.09. The molecule has 96 valence electrons. The Balaban J connectivity index is 2.63. The minimum absolute atomic E-state index is 0.0651. The largest absolute Gasteiger partial charge is 0.339 e. The summed E-state index contributed by atoms with van der Waals surface area (Å²) in [5.74, 6) is 0.0651. The van der Waals surface area contributed by atoms with Gasteiger partial charge in [0.15, 0.2) is 0 Å². The maximum Gasteiger partial charge on any atom is 0.244 e. The molecule has 1 aromatic heterocycles. The highest BCUT2D eigenvalue weighted by Crippen LogP contribution is 2.04. The molecule has 1 atom stereocenters. The van der Waals surface area contributed by atoms with E-state index >= 15 is 0 Å². The monoisotopic (exact) mass is 239 g/mol. The maximum atomic E-state index is 12.0.